The van der Waals surface area contributed by atoms with Crippen LogP contribution >= 0.6 is 23.4 Å². The van der Waals surface area contributed by atoms with Gasteiger partial charge in [0.25, 0.3) is 5.78 Å². The summed E-state index contributed by atoms with van der Waals surface area (Å²) in [6.45, 7) is 6.50. The van der Waals surface area contributed by atoms with E-state index in [1.54, 1.807) is 4.52 Å². The second-order valence-electron chi connectivity index (χ2n) is 7.69. The molecule has 0 atom stereocenters. The van der Waals surface area contributed by atoms with Crippen molar-refractivity contribution in [3.8, 4) is 0 Å². The molecule has 4 rings (SSSR count). The van der Waals surface area contributed by atoms with E-state index in [0.29, 0.717) is 22.5 Å². The van der Waals surface area contributed by atoms with Crippen LogP contribution in [0.3, 0.4) is 0 Å². The zero-order valence-corrected chi connectivity index (χ0v) is 19.8. The first-order valence-corrected chi connectivity index (χ1v) is 11.7. The second-order valence-corrected chi connectivity index (χ2v) is 9.04. The summed E-state index contributed by atoms with van der Waals surface area (Å²) in [5, 5.41) is 8.63. The number of carbonyl (C=O) groups excluding carboxylic acids is 1. The summed E-state index contributed by atoms with van der Waals surface area (Å²) in [4.78, 5) is 21.4. The summed E-state index contributed by atoms with van der Waals surface area (Å²) in [6.07, 6.45) is 0.785. The number of aryl methyl sites for hydroxylation is 3. The second kappa shape index (κ2) is 9.71. The number of rotatable bonds is 7. The fourth-order valence-corrected chi connectivity index (χ4v) is 4.28. The molecule has 8 heteroatoms. The average molecular weight is 466 g/mol. The molecule has 6 nitrogen and oxygen atoms in total. The Bertz CT molecular complexity index is 1270. The van der Waals surface area contributed by atoms with Crippen LogP contribution in [-0.4, -0.2) is 31.2 Å². The van der Waals surface area contributed by atoms with Crippen LogP contribution in [0.15, 0.2) is 53.7 Å². The largest absolute Gasteiger partial charge is 0.351 e. The summed E-state index contributed by atoms with van der Waals surface area (Å²) in [7, 11) is 0. The van der Waals surface area contributed by atoms with E-state index in [1.807, 2.05) is 38.1 Å². The van der Waals surface area contributed by atoms with Crippen molar-refractivity contribution in [3.05, 3.63) is 87.2 Å². The molecule has 0 bridgehead atoms. The highest BCUT2D eigenvalue weighted by Gasteiger charge is 2.15. The molecule has 164 valence electrons. The number of aromatic nitrogens is 4. The Morgan fingerprint density at radius 3 is 2.56 bits per heavy atom. The molecular formula is C24H24ClN5OS. The van der Waals surface area contributed by atoms with Gasteiger partial charge in [0.15, 0.2) is 0 Å². The Hall–Kier alpha value is -2.90. The number of amides is 1. The van der Waals surface area contributed by atoms with Crippen molar-refractivity contribution in [2.75, 3.05) is 5.75 Å². The van der Waals surface area contributed by atoms with Crippen molar-refractivity contribution in [2.24, 2.45) is 0 Å². The van der Waals surface area contributed by atoms with Gasteiger partial charge in [-0.15, -0.1) is 5.10 Å². The van der Waals surface area contributed by atoms with E-state index in [4.69, 9.17) is 11.6 Å². The fraction of sp³-hybridized carbons (Fsp3) is 0.250. The van der Waals surface area contributed by atoms with Gasteiger partial charge in [-0.25, -0.2) is 9.50 Å². The van der Waals surface area contributed by atoms with E-state index in [0.717, 1.165) is 28.9 Å². The zero-order valence-electron chi connectivity index (χ0n) is 18.2. The van der Waals surface area contributed by atoms with Crippen LogP contribution in [0.25, 0.3) is 5.78 Å². The maximum Gasteiger partial charge on any atom is 0.253 e. The van der Waals surface area contributed by atoms with Crippen molar-refractivity contribution < 1.29 is 4.79 Å². The van der Waals surface area contributed by atoms with Crippen LogP contribution in [0.5, 0.6) is 0 Å². The van der Waals surface area contributed by atoms with E-state index >= 15 is 0 Å². The molecule has 0 aliphatic rings. The zero-order chi connectivity index (χ0) is 22.7. The lowest BCUT2D eigenvalue weighted by Gasteiger charge is -2.10. The smallest absolute Gasteiger partial charge is 0.253 e. The van der Waals surface area contributed by atoms with Crippen LogP contribution in [0, 0.1) is 20.8 Å². The minimum atomic E-state index is -0.102. The van der Waals surface area contributed by atoms with Crippen LogP contribution < -0.4 is 5.32 Å². The normalized spacial score (nSPS) is 11.1. The Balaban J connectivity index is 1.44. The third-order valence-electron chi connectivity index (χ3n) is 5.30. The van der Waals surface area contributed by atoms with Gasteiger partial charge in [-0.2, -0.15) is 4.98 Å². The number of hydrogen-bond donors (Lipinski definition) is 1. The standard InChI is InChI=1S/C24H24ClN5OS/c1-15-8-10-18(11-9-15)12-20-16(2)27-23-28-24(29-30(23)17(20)3)32-14-22(31)26-13-19-6-4-5-7-21(19)25/h4-11H,12-14H2,1-3H3,(H,26,31). The molecule has 0 aliphatic heterocycles. The monoisotopic (exact) mass is 465 g/mol. The minimum Gasteiger partial charge on any atom is -0.351 e. The number of nitrogens with zero attached hydrogens (tertiary/aromatic N) is 4. The lowest BCUT2D eigenvalue weighted by Crippen LogP contribution is -2.24. The maximum absolute atomic E-state index is 12.3. The first kappa shape index (κ1) is 22.3. The average Bonchev–Trinajstić information content (AvgIpc) is 3.19. The van der Waals surface area contributed by atoms with Crippen LogP contribution in [0.1, 0.15) is 33.6 Å². The molecule has 0 fully saturated rings. The van der Waals surface area contributed by atoms with E-state index in [2.05, 4.69) is 51.6 Å². The van der Waals surface area contributed by atoms with Crippen LogP contribution in [0.4, 0.5) is 0 Å². The molecule has 2 heterocycles. The summed E-state index contributed by atoms with van der Waals surface area (Å²) >= 11 is 7.43. The molecular weight excluding hydrogens is 442 g/mol. The fourth-order valence-electron chi connectivity index (χ4n) is 3.43. The summed E-state index contributed by atoms with van der Waals surface area (Å²) in [5.41, 5.74) is 6.44. The molecule has 2 aromatic carbocycles. The quantitative estimate of drug-likeness (QED) is 0.400. The highest BCUT2D eigenvalue weighted by atomic mass is 35.5. The van der Waals surface area contributed by atoms with Gasteiger partial charge in [-0.3, -0.25) is 4.79 Å². The van der Waals surface area contributed by atoms with Crippen LogP contribution in [0.2, 0.25) is 5.02 Å². The molecule has 0 saturated carbocycles. The maximum atomic E-state index is 12.3. The lowest BCUT2D eigenvalue weighted by molar-refractivity contribution is -0.118. The first-order valence-electron chi connectivity index (χ1n) is 10.3. The number of halogens is 1. The molecule has 1 amide bonds. The van der Waals surface area contributed by atoms with Gasteiger partial charge in [-0.1, -0.05) is 71.4 Å². The van der Waals surface area contributed by atoms with Gasteiger partial charge in [0.05, 0.1) is 5.75 Å². The number of benzene rings is 2. The van der Waals surface area contributed by atoms with Crippen molar-refractivity contribution in [2.45, 2.75) is 38.9 Å². The number of hydrogen-bond acceptors (Lipinski definition) is 5. The topological polar surface area (TPSA) is 72.2 Å². The van der Waals surface area contributed by atoms with Gasteiger partial charge < -0.3 is 5.32 Å². The van der Waals surface area contributed by atoms with Crippen LogP contribution in [-0.2, 0) is 17.8 Å². The summed E-state index contributed by atoms with van der Waals surface area (Å²) in [5.74, 6) is 0.664. The van der Waals surface area contributed by atoms with E-state index in [1.165, 1.54) is 22.9 Å². The molecule has 0 unspecified atom stereocenters. The minimum absolute atomic E-state index is 0.102. The molecule has 2 aromatic heterocycles. The van der Waals surface area contributed by atoms with E-state index in [9.17, 15) is 4.79 Å². The van der Waals surface area contributed by atoms with Gasteiger partial charge in [0.2, 0.25) is 11.1 Å². The molecule has 0 radical (unpaired) electrons. The number of thioether (sulfide) groups is 1. The van der Waals surface area contributed by atoms with E-state index < -0.39 is 0 Å². The highest BCUT2D eigenvalue weighted by molar-refractivity contribution is 7.99. The SMILES string of the molecule is Cc1ccc(Cc2c(C)nc3nc(SCC(=O)NCc4ccccc4Cl)nn3c2C)cc1. The molecule has 0 saturated heterocycles. The Kier molecular flexibility index (Phi) is 6.77. The summed E-state index contributed by atoms with van der Waals surface area (Å²) < 4.78 is 1.76. The predicted molar refractivity (Wildman–Crippen MR) is 128 cm³/mol. The van der Waals surface area contributed by atoms with Gasteiger partial charge >= 0.3 is 0 Å². The van der Waals surface area contributed by atoms with E-state index in [-0.39, 0.29) is 11.7 Å². The van der Waals surface area contributed by atoms with Crippen molar-refractivity contribution in [1.82, 2.24) is 24.9 Å². The molecule has 4 aromatic rings. The predicted octanol–water partition coefficient (Wildman–Crippen LogP) is 4.70. The van der Waals surface area contributed by atoms with Crippen molar-refractivity contribution in [3.63, 3.8) is 0 Å². The highest BCUT2D eigenvalue weighted by Crippen LogP contribution is 2.21. The molecule has 0 spiro atoms. The third kappa shape index (κ3) is 5.11. The Morgan fingerprint density at radius 1 is 1.06 bits per heavy atom. The van der Waals surface area contributed by atoms with Crippen molar-refractivity contribution >= 4 is 35.0 Å². The van der Waals surface area contributed by atoms with Gasteiger partial charge in [0.1, 0.15) is 0 Å². The molecule has 0 aliphatic carbocycles. The summed E-state index contributed by atoms with van der Waals surface area (Å²) in [6, 6.07) is 16.0. The van der Waals surface area contributed by atoms with Gasteiger partial charge in [0, 0.05) is 29.4 Å². The van der Waals surface area contributed by atoms with Crippen molar-refractivity contribution in [1.29, 1.82) is 0 Å². The Labute approximate surface area is 196 Å². The molecule has 32 heavy (non-hydrogen) atoms. The number of nitrogens with one attached hydrogen (secondary N) is 1. The number of carbonyl (C=O) groups is 1. The lowest BCUT2D eigenvalue weighted by atomic mass is 10.0. The first-order chi connectivity index (χ1) is 15.4. The third-order valence-corrected chi connectivity index (χ3v) is 6.50. The molecule has 1 N–H and O–H groups in total. The number of fused-ring (bicyclic) bond motifs is 1. The van der Waals surface area contributed by atoms with Gasteiger partial charge in [-0.05, 0) is 43.5 Å². The Morgan fingerprint density at radius 2 is 1.81 bits per heavy atom.